The number of benzene rings is 2. The molecule has 0 saturated carbocycles. The summed E-state index contributed by atoms with van der Waals surface area (Å²) in [7, 11) is -2.40. The van der Waals surface area contributed by atoms with Crippen LogP contribution >= 0.6 is 0 Å². The number of pyridine rings is 1. The third-order valence-electron chi connectivity index (χ3n) is 5.37. The van der Waals surface area contributed by atoms with Crippen molar-refractivity contribution in [3.8, 4) is 17.2 Å². The third kappa shape index (κ3) is 5.89. The molecule has 0 amide bonds. The van der Waals surface area contributed by atoms with Gasteiger partial charge in [-0.15, -0.1) is 0 Å². The molecule has 36 heavy (non-hydrogen) atoms. The molecule has 3 rings (SSSR count). The van der Waals surface area contributed by atoms with E-state index in [1.807, 2.05) is 13.8 Å². The van der Waals surface area contributed by atoms with Gasteiger partial charge in [0.05, 0.1) is 26.1 Å². The molecule has 3 aromatic rings. The van der Waals surface area contributed by atoms with Crippen molar-refractivity contribution in [2.75, 3.05) is 20.0 Å². The van der Waals surface area contributed by atoms with Gasteiger partial charge < -0.3 is 14.2 Å². The monoisotopic (exact) mass is 525 g/mol. The molecule has 2 aromatic carbocycles. The second kappa shape index (κ2) is 10.7. The molecule has 1 heterocycles. The highest BCUT2D eigenvalue weighted by atomic mass is 32.2. The lowest BCUT2D eigenvalue weighted by Gasteiger charge is -2.15. The lowest BCUT2D eigenvalue weighted by Crippen LogP contribution is -2.26. The lowest BCUT2D eigenvalue weighted by molar-refractivity contribution is -0.0435. The normalized spacial score (nSPS) is 12.1. The first-order valence-corrected chi connectivity index (χ1v) is 12.7. The van der Waals surface area contributed by atoms with Crippen molar-refractivity contribution in [3.05, 3.63) is 59.4 Å². The number of fused-ring (bicyclic) bond motifs is 1. The SMILES string of the molecule is COc1cc2c(CCCS(=O)(=O)C(F)(F)F)cnc(C(=O)c3cccc(OC(C)C)c3)c2cc1OC. The molecule has 0 aliphatic carbocycles. The van der Waals surface area contributed by atoms with Crippen LogP contribution in [-0.4, -0.2) is 50.8 Å². The number of aromatic nitrogens is 1. The Kier molecular flexibility index (Phi) is 8.12. The minimum Gasteiger partial charge on any atom is -0.493 e. The van der Waals surface area contributed by atoms with E-state index in [1.165, 1.54) is 20.4 Å². The van der Waals surface area contributed by atoms with Gasteiger partial charge in [-0.05, 0) is 61.9 Å². The first-order chi connectivity index (χ1) is 16.9. The number of sulfone groups is 1. The number of ketones is 1. The van der Waals surface area contributed by atoms with E-state index >= 15 is 0 Å². The Bertz CT molecular complexity index is 1370. The molecule has 1 aromatic heterocycles. The second-order valence-electron chi connectivity index (χ2n) is 8.28. The van der Waals surface area contributed by atoms with Crippen molar-refractivity contribution in [2.45, 2.75) is 38.3 Å². The highest BCUT2D eigenvalue weighted by Crippen LogP contribution is 2.36. The summed E-state index contributed by atoms with van der Waals surface area (Å²) in [5.74, 6) is -0.274. The second-order valence-corrected chi connectivity index (χ2v) is 10.4. The number of carbonyl (C=O) groups excluding carboxylic acids is 1. The summed E-state index contributed by atoms with van der Waals surface area (Å²) in [6, 6.07) is 9.81. The van der Waals surface area contributed by atoms with Crippen LogP contribution in [0, 0.1) is 0 Å². The molecule has 0 atom stereocenters. The van der Waals surface area contributed by atoms with E-state index in [0.717, 1.165) is 0 Å². The van der Waals surface area contributed by atoms with Gasteiger partial charge in [-0.1, -0.05) is 12.1 Å². The van der Waals surface area contributed by atoms with E-state index < -0.39 is 26.9 Å². The maximum absolute atomic E-state index is 13.4. The third-order valence-corrected chi connectivity index (χ3v) is 6.90. The fourth-order valence-corrected chi connectivity index (χ4v) is 4.45. The first kappa shape index (κ1) is 27.3. The number of methoxy groups -OCH3 is 2. The smallest absolute Gasteiger partial charge is 0.493 e. The van der Waals surface area contributed by atoms with E-state index in [9.17, 15) is 26.4 Å². The Hall–Kier alpha value is -3.34. The van der Waals surface area contributed by atoms with Crippen molar-refractivity contribution in [3.63, 3.8) is 0 Å². The summed E-state index contributed by atoms with van der Waals surface area (Å²) < 4.78 is 77.4. The summed E-state index contributed by atoms with van der Waals surface area (Å²) in [5.41, 5.74) is -4.41. The zero-order chi connectivity index (χ0) is 26.7. The Morgan fingerprint density at radius 3 is 2.25 bits per heavy atom. The van der Waals surface area contributed by atoms with Crippen LogP contribution in [0.2, 0.25) is 0 Å². The molecule has 0 N–H and O–H groups in total. The Morgan fingerprint density at radius 2 is 1.67 bits per heavy atom. The van der Waals surface area contributed by atoms with Crippen LogP contribution in [-0.2, 0) is 16.3 Å². The van der Waals surface area contributed by atoms with Gasteiger partial charge in [0.2, 0.25) is 15.6 Å². The quantitative estimate of drug-likeness (QED) is 0.339. The summed E-state index contributed by atoms with van der Waals surface area (Å²) in [5, 5.41) is 0.883. The average molecular weight is 526 g/mol. The highest BCUT2D eigenvalue weighted by molar-refractivity contribution is 7.92. The molecule has 0 aliphatic rings. The number of alkyl halides is 3. The van der Waals surface area contributed by atoms with E-state index in [4.69, 9.17) is 14.2 Å². The van der Waals surface area contributed by atoms with Crippen LogP contribution < -0.4 is 14.2 Å². The Balaban J connectivity index is 2.06. The van der Waals surface area contributed by atoms with E-state index in [2.05, 4.69) is 4.98 Å². The molecule has 0 bridgehead atoms. The molecule has 0 aliphatic heterocycles. The Morgan fingerprint density at radius 1 is 1.03 bits per heavy atom. The summed E-state index contributed by atoms with van der Waals surface area (Å²) >= 11 is 0. The molecule has 194 valence electrons. The number of aryl methyl sites for hydroxylation is 1. The molecule has 0 saturated heterocycles. The minimum absolute atomic E-state index is 0.0134. The van der Waals surface area contributed by atoms with Crippen LogP contribution in [0.15, 0.2) is 42.6 Å². The Labute approximate surface area is 207 Å². The van der Waals surface area contributed by atoms with Gasteiger partial charge >= 0.3 is 5.51 Å². The average Bonchev–Trinajstić information content (AvgIpc) is 2.81. The number of nitrogens with zero attached hydrogens (tertiary/aromatic N) is 1. The zero-order valence-electron chi connectivity index (χ0n) is 20.2. The largest absolute Gasteiger partial charge is 0.497 e. The van der Waals surface area contributed by atoms with Crippen molar-refractivity contribution in [1.82, 2.24) is 4.98 Å². The molecule has 0 radical (unpaired) electrons. The van der Waals surface area contributed by atoms with Gasteiger partial charge in [-0.25, -0.2) is 8.42 Å². The van der Waals surface area contributed by atoms with Gasteiger partial charge in [0, 0.05) is 17.1 Å². The molecule has 11 heteroatoms. The fraction of sp³-hybridized carbons (Fsp3) is 0.360. The van der Waals surface area contributed by atoms with Crippen LogP contribution in [0.25, 0.3) is 10.8 Å². The summed E-state index contributed by atoms with van der Waals surface area (Å²) in [6.07, 6.45) is 0.984. The summed E-state index contributed by atoms with van der Waals surface area (Å²) in [6.45, 7) is 3.73. The number of carbonyl (C=O) groups is 1. The number of hydrogen-bond donors (Lipinski definition) is 0. The van der Waals surface area contributed by atoms with Gasteiger partial charge in [-0.2, -0.15) is 13.2 Å². The van der Waals surface area contributed by atoms with E-state index in [-0.39, 0.29) is 24.6 Å². The number of ether oxygens (including phenoxy) is 3. The first-order valence-electron chi connectivity index (χ1n) is 11.0. The van der Waals surface area contributed by atoms with Crippen molar-refractivity contribution < 1.29 is 40.6 Å². The van der Waals surface area contributed by atoms with Gasteiger partial charge in [0.25, 0.3) is 0 Å². The highest BCUT2D eigenvalue weighted by Gasteiger charge is 2.44. The van der Waals surface area contributed by atoms with Crippen LogP contribution in [0.3, 0.4) is 0 Å². The fourth-order valence-electron chi connectivity index (χ4n) is 3.69. The number of rotatable bonds is 10. The maximum Gasteiger partial charge on any atom is 0.497 e. The predicted octanol–water partition coefficient (Wildman–Crippen LogP) is 5.14. The van der Waals surface area contributed by atoms with E-state index in [1.54, 1.807) is 36.4 Å². The van der Waals surface area contributed by atoms with Crippen molar-refractivity contribution in [2.24, 2.45) is 0 Å². The molecule has 7 nitrogen and oxygen atoms in total. The molecule has 0 fully saturated rings. The van der Waals surface area contributed by atoms with Crippen molar-refractivity contribution >= 4 is 26.4 Å². The standard InChI is InChI=1S/C25H26F3NO6S/c1-15(2)35-18-9-5-7-16(11-18)24(30)23-20-13-22(34-4)21(33-3)12-19(20)17(14-29-23)8-6-10-36(31,32)25(26,27)28/h5,7,9,11-15H,6,8,10H2,1-4H3. The van der Waals surface area contributed by atoms with Gasteiger partial charge in [0.1, 0.15) is 11.4 Å². The molecule has 0 unspecified atom stereocenters. The number of hydrogen-bond acceptors (Lipinski definition) is 7. The van der Waals surface area contributed by atoms with Gasteiger partial charge in [-0.3, -0.25) is 9.78 Å². The predicted molar refractivity (Wildman–Crippen MR) is 129 cm³/mol. The summed E-state index contributed by atoms with van der Waals surface area (Å²) in [4.78, 5) is 17.7. The molecular formula is C25H26F3NO6S. The van der Waals surface area contributed by atoms with Crippen LogP contribution in [0.1, 0.15) is 41.9 Å². The number of halogens is 3. The lowest BCUT2D eigenvalue weighted by atomic mass is 9.97. The van der Waals surface area contributed by atoms with Crippen LogP contribution in [0.4, 0.5) is 13.2 Å². The molecule has 0 spiro atoms. The molecular weight excluding hydrogens is 499 g/mol. The zero-order valence-corrected chi connectivity index (χ0v) is 21.0. The minimum atomic E-state index is -5.31. The van der Waals surface area contributed by atoms with Crippen molar-refractivity contribution in [1.29, 1.82) is 0 Å². The van der Waals surface area contributed by atoms with Crippen LogP contribution in [0.5, 0.6) is 17.2 Å². The topological polar surface area (TPSA) is 91.8 Å². The van der Waals surface area contributed by atoms with E-state index in [0.29, 0.717) is 39.1 Å². The maximum atomic E-state index is 13.4. The van der Waals surface area contributed by atoms with Gasteiger partial charge in [0.15, 0.2) is 11.5 Å².